The van der Waals surface area contributed by atoms with Crippen molar-refractivity contribution in [1.82, 2.24) is 0 Å². The molecule has 0 spiro atoms. The zero-order valence-corrected chi connectivity index (χ0v) is 8.93. The zero-order valence-electron chi connectivity index (χ0n) is 8.93. The van der Waals surface area contributed by atoms with Crippen LogP contribution in [0.5, 0.6) is 0 Å². The fourth-order valence-electron chi connectivity index (χ4n) is 2.33. The van der Waals surface area contributed by atoms with E-state index in [9.17, 15) is 0 Å². The minimum atomic E-state index is 0.912. The first-order valence-electron chi connectivity index (χ1n) is 5.23. The van der Waals surface area contributed by atoms with Crippen molar-refractivity contribution in [1.29, 1.82) is 0 Å². The van der Waals surface area contributed by atoms with Crippen LogP contribution in [-0.2, 0) is 0 Å². The Morgan fingerprint density at radius 3 is 2.42 bits per heavy atom. The molecule has 0 aromatic rings. The third-order valence-corrected chi connectivity index (χ3v) is 3.17. The summed E-state index contributed by atoms with van der Waals surface area (Å²) in [5.74, 6) is 1.90. The Hall–Kier alpha value is -0.330. The maximum absolute atomic E-state index is 2.33. The molecule has 1 saturated carbocycles. The fourth-order valence-corrected chi connectivity index (χ4v) is 2.33. The van der Waals surface area contributed by atoms with Crippen LogP contribution in [0.3, 0.4) is 0 Å². The van der Waals surface area contributed by atoms with Crippen LogP contribution in [0.1, 0.15) is 39.5 Å². The van der Waals surface area contributed by atoms with Gasteiger partial charge in [-0.15, -0.1) is 0 Å². The van der Waals surface area contributed by atoms with E-state index in [0.717, 1.165) is 11.8 Å². The third-order valence-electron chi connectivity index (χ3n) is 3.17. The monoisotopic (exact) mass is 168 g/mol. The quantitative estimate of drug-likeness (QED) is 0.570. The number of rotatable bonds is 3. The molecule has 0 saturated heterocycles. The lowest BCUT2D eigenvalue weighted by atomic mass is 9.68. The Kier molecular flexibility index (Phi) is 3.30. The highest BCUT2D eigenvalue weighted by Crippen LogP contribution is 2.36. The predicted molar refractivity (Wildman–Crippen MR) is 53.9 cm³/mol. The van der Waals surface area contributed by atoms with Gasteiger partial charge in [0.25, 0.3) is 0 Å². The van der Waals surface area contributed by atoms with Crippen molar-refractivity contribution in [2.24, 2.45) is 11.8 Å². The lowest BCUT2D eigenvalue weighted by Crippen LogP contribution is -2.41. The fraction of sp³-hybridized carbons (Fsp3) is 0.909. The molecule has 70 valence electrons. The lowest BCUT2D eigenvalue weighted by Gasteiger charge is -2.35. The molecule has 12 heavy (non-hydrogen) atoms. The van der Waals surface area contributed by atoms with Gasteiger partial charge >= 0.3 is 0 Å². The van der Waals surface area contributed by atoms with Crippen LogP contribution < -0.4 is 0 Å². The molecule has 0 amide bonds. The van der Waals surface area contributed by atoms with Crippen LogP contribution in [0, 0.1) is 11.8 Å². The van der Waals surface area contributed by atoms with E-state index in [4.69, 9.17) is 0 Å². The summed E-state index contributed by atoms with van der Waals surface area (Å²) in [7, 11) is 4.37. The molecule has 0 heterocycles. The Morgan fingerprint density at radius 1 is 1.33 bits per heavy atom. The van der Waals surface area contributed by atoms with Gasteiger partial charge in [0.1, 0.15) is 14.1 Å². The molecular formula is C11H22N+. The van der Waals surface area contributed by atoms with Crippen molar-refractivity contribution < 1.29 is 4.58 Å². The van der Waals surface area contributed by atoms with Crippen molar-refractivity contribution in [3.63, 3.8) is 0 Å². The van der Waals surface area contributed by atoms with Crippen LogP contribution in [0.15, 0.2) is 0 Å². The Morgan fingerprint density at radius 2 is 2.00 bits per heavy atom. The highest BCUT2D eigenvalue weighted by molar-refractivity contribution is 5.88. The summed E-state index contributed by atoms with van der Waals surface area (Å²) in [5, 5.41) is 0. The molecule has 0 bridgehead atoms. The maximum Gasteiger partial charge on any atom is 0.155 e. The Labute approximate surface area is 76.5 Å². The van der Waals surface area contributed by atoms with E-state index in [1.54, 1.807) is 5.71 Å². The van der Waals surface area contributed by atoms with E-state index in [1.807, 2.05) is 0 Å². The number of hydrogen-bond donors (Lipinski definition) is 0. The van der Waals surface area contributed by atoms with Crippen LogP contribution in [0.4, 0.5) is 0 Å². The zero-order chi connectivity index (χ0) is 9.14. The van der Waals surface area contributed by atoms with Gasteiger partial charge < -0.3 is 0 Å². The summed E-state index contributed by atoms with van der Waals surface area (Å²) >= 11 is 0. The van der Waals surface area contributed by atoms with Gasteiger partial charge in [-0.25, -0.2) is 4.58 Å². The number of hydrogen-bond acceptors (Lipinski definition) is 0. The molecule has 0 radical (unpaired) electrons. The second-order valence-electron chi connectivity index (χ2n) is 4.15. The summed E-state index contributed by atoms with van der Waals surface area (Å²) in [6.07, 6.45) is 5.45. The van der Waals surface area contributed by atoms with Crippen molar-refractivity contribution >= 4 is 5.71 Å². The third kappa shape index (κ3) is 1.70. The molecule has 0 aromatic heterocycles. The van der Waals surface area contributed by atoms with Gasteiger partial charge in [-0.05, 0) is 12.3 Å². The number of nitrogens with zero attached hydrogens (tertiary/aromatic N) is 1. The average molecular weight is 168 g/mol. The van der Waals surface area contributed by atoms with Crippen LogP contribution in [0.2, 0.25) is 0 Å². The van der Waals surface area contributed by atoms with Gasteiger partial charge in [0.05, 0.1) is 0 Å². The molecule has 1 fully saturated rings. The van der Waals surface area contributed by atoms with E-state index >= 15 is 0 Å². The summed E-state index contributed by atoms with van der Waals surface area (Å²) < 4.78 is 2.33. The summed E-state index contributed by atoms with van der Waals surface area (Å²) in [5.41, 5.74) is 1.68. The molecule has 1 aliphatic carbocycles. The van der Waals surface area contributed by atoms with Gasteiger partial charge in [0.15, 0.2) is 5.71 Å². The summed E-state index contributed by atoms with van der Waals surface area (Å²) in [6, 6.07) is 0. The highest BCUT2D eigenvalue weighted by atomic mass is 15.0. The van der Waals surface area contributed by atoms with Crippen molar-refractivity contribution in [3.8, 4) is 0 Å². The molecule has 2 atom stereocenters. The second kappa shape index (κ2) is 4.06. The lowest BCUT2D eigenvalue weighted by molar-refractivity contribution is -0.472. The minimum absolute atomic E-state index is 0.912. The molecule has 2 unspecified atom stereocenters. The summed E-state index contributed by atoms with van der Waals surface area (Å²) in [4.78, 5) is 0. The van der Waals surface area contributed by atoms with E-state index in [0.29, 0.717) is 0 Å². The van der Waals surface area contributed by atoms with Crippen LogP contribution >= 0.6 is 0 Å². The smallest absolute Gasteiger partial charge is 0.155 e. The van der Waals surface area contributed by atoms with E-state index in [-0.39, 0.29) is 0 Å². The SMILES string of the molecule is CCCC1C(=[N+](C)C)CC1CC. The second-order valence-corrected chi connectivity index (χ2v) is 4.15. The van der Waals surface area contributed by atoms with Crippen molar-refractivity contribution in [2.45, 2.75) is 39.5 Å². The first kappa shape index (κ1) is 9.76. The molecule has 1 rings (SSSR count). The normalized spacial score (nSPS) is 28.5. The van der Waals surface area contributed by atoms with Crippen LogP contribution in [0.25, 0.3) is 0 Å². The van der Waals surface area contributed by atoms with Gasteiger partial charge in [0, 0.05) is 12.3 Å². The molecular weight excluding hydrogens is 146 g/mol. The maximum atomic E-state index is 2.33. The predicted octanol–water partition coefficient (Wildman–Crippen LogP) is 2.55. The molecule has 1 nitrogen and oxygen atoms in total. The van der Waals surface area contributed by atoms with Crippen LogP contribution in [-0.4, -0.2) is 24.4 Å². The molecule has 1 aliphatic rings. The molecule has 0 aliphatic heterocycles. The Bertz CT molecular complexity index is 177. The van der Waals surface area contributed by atoms with Gasteiger partial charge in [0.2, 0.25) is 0 Å². The van der Waals surface area contributed by atoms with Gasteiger partial charge in [-0.1, -0.05) is 26.7 Å². The minimum Gasteiger partial charge on any atom is -0.242 e. The summed E-state index contributed by atoms with van der Waals surface area (Å²) in [6.45, 7) is 4.61. The standard InChI is InChI=1S/C11H22N/c1-5-7-10-9(6-2)8-11(10)12(3)4/h9-10H,5-8H2,1-4H3/q+1. The van der Waals surface area contributed by atoms with Gasteiger partial charge in [-0.3, -0.25) is 0 Å². The first-order chi connectivity index (χ1) is 5.70. The van der Waals surface area contributed by atoms with E-state index in [1.165, 1.54) is 25.7 Å². The van der Waals surface area contributed by atoms with E-state index in [2.05, 4.69) is 32.5 Å². The molecule has 1 heteroatoms. The van der Waals surface area contributed by atoms with Crippen molar-refractivity contribution in [2.75, 3.05) is 14.1 Å². The first-order valence-corrected chi connectivity index (χ1v) is 5.23. The molecule has 0 N–H and O–H groups in total. The highest BCUT2D eigenvalue weighted by Gasteiger charge is 2.40. The van der Waals surface area contributed by atoms with Gasteiger partial charge in [-0.2, -0.15) is 0 Å². The average Bonchev–Trinajstić information content (AvgIpc) is 1.98. The van der Waals surface area contributed by atoms with E-state index < -0.39 is 0 Å². The largest absolute Gasteiger partial charge is 0.242 e. The topological polar surface area (TPSA) is 3.01 Å². The molecule has 0 aromatic carbocycles. The Balaban J connectivity index is 2.56. The van der Waals surface area contributed by atoms with Crippen molar-refractivity contribution in [3.05, 3.63) is 0 Å².